The Bertz CT molecular complexity index is 1210. The van der Waals surface area contributed by atoms with Crippen molar-refractivity contribution in [3.05, 3.63) is 47.5 Å². The van der Waals surface area contributed by atoms with Crippen molar-refractivity contribution in [2.24, 2.45) is 0 Å². The molecule has 0 unspecified atom stereocenters. The smallest absolute Gasteiger partial charge is 0.266 e. The third kappa shape index (κ3) is 5.51. The van der Waals surface area contributed by atoms with E-state index in [9.17, 15) is 18.4 Å². The van der Waals surface area contributed by atoms with E-state index in [2.05, 4.69) is 17.1 Å². The van der Waals surface area contributed by atoms with E-state index in [0.717, 1.165) is 22.4 Å². The van der Waals surface area contributed by atoms with Gasteiger partial charge < -0.3 is 14.7 Å². The molecule has 2 aliphatic heterocycles. The molecule has 0 atom stereocenters. The van der Waals surface area contributed by atoms with E-state index in [4.69, 9.17) is 9.84 Å². The molecular formula is C26H36N4O6S. The highest BCUT2D eigenvalue weighted by molar-refractivity contribution is 7.91. The first kappa shape index (κ1) is 27.5. The minimum atomic E-state index is -3.95. The van der Waals surface area contributed by atoms with Crippen LogP contribution in [0, 0.1) is 6.92 Å². The topological polar surface area (TPSA) is 132 Å². The Balaban J connectivity index is 1.47. The van der Waals surface area contributed by atoms with Gasteiger partial charge in [0.1, 0.15) is 6.61 Å². The molecule has 37 heavy (non-hydrogen) atoms. The Kier molecular flexibility index (Phi) is 8.49. The molecule has 0 bridgehead atoms. The van der Waals surface area contributed by atoms with E-state index < -0.39 is 20.7 Å². The van der Waals surface area contributed by atoms with Crippen LogP contribution in [0.5, 0.6) is 5.88 Å². The van der Waals surface area contributed by atoms with Gasteiger partial charge in [-0.1, -0.05) is 24.3 Å². The quantitative estimate of drug-likeness (QED) is 0.347. The average Bonchev–Trinajstić information content (AvgIpc) is 2.92. The van der Waals surface area contributed by atoms with Gasteiger partial charge >= 0.3 is 0 Å². The summed E-state index contributed by atoms with van der Waals surface area (Å²) in [5.41, 5.74) is 5.59. The standard InChI is InChI=1S/C26H36N4O6S/c1-19-18-21(6-7-22(19)23-4-3-5-24(27-23)36-17-16-31)20-8-12-30(13-9-20)37(34,35)26(25(32)28-33)10-14-29(2)15-11-26/h3-7,18,20,31,33H,8-17H2,1-2H3,(H,28,32). The first-order chi connectivity index (χ1) is 17.7. The highest BCUT2D eigenvalue weighted by Crippen LogP contribution is 2.38. The summed E-state index contributed by atoms with van der Waals surface area (Å²) in [5, 5.41) is 18.3. The Hall–Kier alpha value is -2.57. The zero-order valence-electron chi connectivity index (χ0n) is 21.4. The van der Waals surface area contributed by atoms with Crippen LogP contribution in [0.25, 0.3) is 11.3 Å². The SMILES string of the molecule is Cc1cc(C2CCN(S(=O)(=O)C3(C(=O)NO)CCN(C)CC3)CC2)ccc1-c1cccc(OCCO)n1. The third-order valence-electron chi connectivity index (χ3n) is 7.66. The number of hydroxylamine groups is 1. The number of aliphatic hydroxyl groups is 1. The van der Waals surface area contributed by atoms with Gasteiger partial charge in [0.05, 0.1) is 12.3 Å². The molecule has 0 spiro atoms. The van der Waals surface area contributed by atoms with E-state index in [1.54, 1.807) is 11.5 Å². The second kappa shape index (κ2) is 11.4. The van der Waals surface area contributed by atoms with Crippen LogP contribution in [-0.4, -0.2) is 90.0 Å². The number of likely N-dealkylation sites (tertiary alicyclic amines) is 1. The molecule has 2 aliphatic rings. The number of benzene rings is 1. The van der Waals surface area contributed by atoms with Crippen molar-refractivity contribution in [2.75, 3.05) is 46.4 Å². The Morgan fingerprint density at radius 3 is 2.49 bits per heavy atom. The Morgan fingerprint density at radius 1 is 1.16 bits per heavy atom. The van der Waals surface area contributed by atoms with Crippen molar-refractivity contribution in [1.82, 2.24) is 19.7 Å². The molecule has 1 amide bonds. The molecule has 3 heterocycles. The lowest BCUT2D eigenvalue weighted by atomic mass is 9.88. The van der Waals surface area contributed by atoms with Gasteiger partial charge in [-0.25, -0.2) is 23.2 Å². The number of sulfonamides is 1. The number of aromatic nitrogens is 1. The number of carbonyl (C=O) groups is 1. The van der Waals surface area contributed by atoms with E-state index in [1.165, 1.54) is 4.31 Å². The minimum Gasteiger partial charge on any atom is -0.475 e. The molecule has 4 rings (SSSR count). The van der Waals surface area contributed by atoms with Crippen molar-refractivity contribution >= 4 is 15.9 Å². The highest BCUT2D eigenvalue weighted by atomic mass is 32.2. The molecule has 2 aromatic rings. The summed E-state index contributed by atoms with van der Waals surface area (Å²) in [6.07, 6.45) is 1.60. The average molecular weight is 533 g/mol. The van der Waals surface area contributed by atoms with Gasteiger partial charge in [0, 0.05) is 24.7 Å². The monoisotopic (exact) mass is 532 g/mol. The lowest BCUT2D eigenvalue weighted by molar-refractivity contribution is -0.133. The van der Waals surface area contributed by atoms with Gasteiger partial charge in [0.2, 0.25) is 15.9 Å². The molecule has 3 N–H and O–H groups in total. The van der Waals surface area contributed by atoms with Gasteiger partial charge in [0.25, 0.3) is 5.91 Å². The maximum Gasteiger partial charge on any atom is 0.266 e. The molecule has 0 aliphatic carbocycles. The molecule has 2 saturated heterocycles. The zero-order chi connectivity index (χ0) is 26.6. The molecular weight excluding hydrogens is 496 g/mol. The fourth-order valence-electron chi connectivity index (χ4n) is 5.38. The number of rotatable bonds is 8. The summed E-state index contributed by atoms with van der Waals surface area (Å²) in [7, 11) is -2.06. The number of piperidine rings is 2. The maximum atomic E-state index is 13.7. The summed E-state index contributed by atoms with van der Waals surface area (Å²) in [4.78, 5) is 19.1. The summed E-state index contributed by atoms with van der Waals surface area (Å²) < 4.78 is 32.6. The van der Waals surface area contributed by atoms with Crippen molar-refractivity contribution in [3.63, 3.8) is 0 Å². The van der Waals surface area contributed by atoms with E-state index in [0.29, 0.717) is 44.9 Å². The largest absolute Gasteiger partial charge is 0.475 e. The predicted molar refractivity (Wildman–Crippen MR) is 139 cm³/mol. The Labute approximate surface area is 218 Å². The van der Waals surface area contributed by atoms with Crippen LogP contribution in [0.15, 0.2) is 36.4 Å². The number of aryl methyl sites for hydroxylation is 1. The van der Waals surface area contributed by atoms with Crippen molar-refractivity contribution in [2.45, 2.75) is 43.3 Å². The van der Waals surface area contributed by atoms with Crippen LogP contribution in [0.4, 0.5) is 0 Å². The van der Waals surface area contributed by atoms with Crippen molar-refractivity contribution in [3.8, 4) is 17.1 Å². The Morgan fingerprint density at radius 2 is 1.86 bits per heavy atom. The fourth-order valence-corrected chi connectivity index (χ4v) is 7.55. The van der Waals surface area contributed by atoms with Crippen LogP contribution in [0.2, 0.25) is 0 Å². The number of aliphatic hydroxyl groups excluding tert-OH is 1. The zero-order valence-corrected chi connectivity index (χ0v) is 22.2. The predicted octanol–water partition coefficient (Wildman–Crippen LogP) is 1.91. The molecule has 11 heteroatoms. The number of carbonyl (C=O) groups excluding carboxylic acids is 1. The van der Waals surface area contributed by atoms with Crippen LogP contribution >= 0.6 is 0 Å². The normalized spacial score (nSPS) is 19.5. The fraction of sp³-hybridized carbons (Fsp3) is 0.538. The van der Waals surface area contributed by atoms with Crippen LogP contribution < -0.4 is 10.2 Å². The first-order valence-electron chi connectivity index (χ1n) is 12.7. The number of amides is 1. The lowest BCUT2D eigenvalue weighted by Gasteiger charge is -2.42. The lowest BCUT2D eigenvalue weighted by Crippen LogP contribution is -2.61. The first-order valence-corrected chi connectivity index (χ1v) is 14.1. The number of hydrogen-bond acceptors (Lipinski definition) is 8. The number of hydrogen-bond donors (Lipinski definition) is 3. The van der Waals surface area contributed by atoms with Gasteiger partial charge in [-0.15, -0.1) is 0 Å². The molecule has 1 aromatic heterocycles. The number of ether oxygens (including phenoxy) is 1. The van der Waals surface area contributed by atoms with E-state index in [-0.39, 0.29) is 32.0 Å². The second-order valence-corrected chi connectivity index (χ2v) is 12.2. The molecule has 0 radical (unpaired) electrons. The second-order valence-electron chi connectivity index (χ2n) is 9.92. The summed E-state index contributed by atoms with van der Waals surface area (Å²) in [5.74, 6) is -0.180. The molecule has 10 nitrogen and oxygen atoms in total. The van der Waals surface area contributed by atoms with Gasteiger partial charge in [-0.05, 0) is 75.9 Å². The van der Waals surface area contributed by atoms with Crippen molar-refractivity contribution < 1.29 is 28.3 Å². The van der Waals surface area contributed by atoms with E-state index >= 15 is 0 Å². The number of pyridine rings is 1. The van der Waals surface area contributed by atoms with Crippen molar-refractivity contribution in [1.29, 1.82) is 0 Å². The molecule has 202 valence electrons. The summed E-state index contributed by atoms with van der Waals surface area (Å²) >= 11 is 0. The molecule has 0 saturated carbocycles. The number of nitrogens with one attached hydrogen (secondary N) is 1. The van der Waals surface area contributed by atoms with Gasteiger partial charge in [-0.2, -0.15) is 0 Å². The van der Waals surface area contributed by atoms with E-state index in [1.807, 2.05) is 37.1 Å². The van der Waals surface area contributed by atoms with Crippen LogP contribution in [-0.2, 0) is 14.8 Å². The number of nitrogens with zero attached hydrogens (tertiary/aromatic N) is 3. The summed E-state index contributed by atoms with van der Waals surface area (Å²) in [6, 6.07) is 11.8. The summed E-state index contributed by atoms with van der Waals surface area (Å²) in [6.45, 7) is 3.74. The van der Waals surface area contributed by atoms with Gasteiger partial charge in [-0.3, -0.25) is 10.0 Å². The van der Waals surface area contributed by atoms with Crippen LogP contribution in [0.1, 0.15) is 42.7 Å². The van der Waals surface area contributed by atoms with Crippen LogP contribution in [0.3, 0.4) is 0 Å². The highest BCUT2D eigenvalue weighted by Gasteiger charge is 2.54. The minimum absolute atomic E-state index is 0.0767. The third-order valence-corrected chi connectivity index (χ3v) is 10.3. The molecule has 1 aromatic carbocycles. The maximum absolute atomic E-state index is 13.7. The van der Waals surface area contributed by atoms with Gasteiger partial charge in [0.15, 0.2) is 4.75 Å². The molecule has 2 fully saturated rings.